The van der Waals surface area contributed by atoms with Gasteiger partial charge in [0.25, 0.3) is 0 Å². The lowest BCUT2D eigenvalue weighted by Crippen LogP contribution is -2.45. The molecule has 0 unspecified atom stereocenters. The fourth-order valence-corrected chi connectivity index (χ4v) is 2.82. The molecule has 2 fully saturated rings. The van der Waals surface area contributed by atoms with E-state index >= 15 is 0 Å². The predicted octanol–water partition coefficient (Wildman–Crippen LogP) is 2.76. The van der Waals surface area contributed by atoms with Gasteiger partial charge in [-0.2, -0.15) is 0 Å². The van der Waals surface area contributed by atoms with Crippen molar-refractivity contribution in [3.8, 4) is 0 Å². The number of aliphatic carboxylic acids is 1. The molecule has 0 atom stereocenters. The molecule has 5 heteroatoms. The van der Waals surface area contributed by atoms with Gasteiger partial charge in [0, 0.05) is 19.0 Å². The first-order valence-corrected chi connectivity index (χ1v) is 8.13. The second kappa shape index (κ2) is 6.67. The molecule has 2 amide bonds. The van der Waals surface area contributed by atoms with Gasteiger partial charge in [0.05, 0.1) is 0 Å². The Kier molecular flexibility index (Phi) is 5.12. The maximum Gasteiger partial charge on any atom is 0.315 e. The van der Waals surface area contributed by atoms with Crippen molar-refractivity contribution in [1.29, 1.82) is 0 Å². The normalized spacial score (nSPS) is 18.6. The molecule has 21 heavy (non-hydrogen) atoms. The second-order valence-electron chi connectivity index (χ2n) is 7.41. The minimum absolute atomic E-state index is 0.0575. The molecule has 0 aliphatic heterocycles. The number of carboxylic acid groups (broad SMARTS) is 1. The van der Waals surface area contributed by atoms with Crippen LogP contribution in [0, 0.1) is 17.3 Å². The minimum atomic E-state index is -0.759. The van der Waals surface area contributed by atoms with Crippen LogP contribution in [-0.2, 0) is 4.79 Å². The maximum absolute atomic E-state index is 12.0. The summed E-state index contributed by atoms with van der Waals surface area (Å²) in [6, 6.07) is 0.317. The Morgan fingerprint density at radius 3 is 2.19 bits per heavy atom. The van der Waals surface area contributed by atoms with Crippen LogP contribution in [0.25, 0.3) is 0 Å². The van der Waals surface area contributed by atoms with E-state index in [1.54, 1.807) is 0 Å². The van der Waals surface area contributed by atoms with E-state index in [0.29, 0.717) is 30.8 Å². The van der Waals surface area contributed by atoms with Gasteiger partial charge in [0.2, 0.25) is 0 Å². The lowest BCUT2D eigenvalue weighted by Gasteiger charge is -2.24. The van der Waals surface area contributed by atoms with E-state index in [1.807, 2.05) is 13.8 Å². The third kappa shape index (κ3) is 5.94. The third-order valence-electron chi connectivity index (χ3n) is 4.66. The molecule has 0 aromatic rings. The van der Waals surface area contributed by atoms with Crippen molar-refractivity contribution < 1.29 is 14.7 Å². The Morgan fingerprint density at radius 2 is 1.71 bits per heavy atom. The number of amides is 2. The lowest BCUT2D eigenvalue weighted by molar-refractivity contribution is -0.137. The summed E-state index contributed by atoms with van der Waals surface area (Å²) in [7, 11) is 0. The molecule has 0 aromatic carbocycles. The number of carboxylic acids is 1. The largest absolute Gasteiger partial charge is 0.481 e. The molecule has 0 aromatic heterocycles. The van der Waals surface area contributed by atoms with E-state index in [1.165, 1.54) is 25.7 Å². The van der Waals surface area contributed by atoms with Crippen LogP contribution in [-0.4, -0.2) is 29.7 Å². The molecule has 120 valence electrons. The predicted molar refractivity (Wildman–Crippen MR) is 81.0 cm³/mol. The van der Waals surface area contributed by atoms with Gasteiger partial charge in [0.15, 0.2) is 0 Å². The summed E-state index contributed by atoms with van der Waals surface area (Å²) in [5.74, 6) is 0.649. The minimum Gasteiger partial charge on any atom is -0.481 e. The van der Waals surface area contributed by atoms with Crippen molar-refractivity contribution in [1.82, 2.24) is 10.6 Å². The molecule has 0 spiro atoms. The molecule has 3 N–H and O–H groups in total. The van der Waals surface area contributed by atoms with Crippen LogP contribution in [0.4, 0.5) is 4.79 Å². The van der Waals surface area contributed by atoms with E-state index in [0.717, 1.165) is 6.42 Å². The molecule has 2 saturated carbocycles. The topological polar surface area (TPSA) is 78.4 Å². The van der Waals surface area contributed by atoms with Crippen molar-refractivity contribution >= 4 is 12.0 Å². The number of hydrogen-bond acceptors (Lipinski definition) is 2. The molecule has 2 rings (SSSR count). The van der Waals surface area contributed by atoms with Gasteiger partial charge in [-0.05, 0) is 55.8 Å². The average molecular weight is 296 g/mol. The number of nitrogens with one attached hydrogen (secondary N) is 2. The Labute approximate surface area is 126 Å². The smallest absolute Gasteiger partial charge is 0.315 e. The summed E-state index contributed by atoms with van der Waals surface area (Å²) >= 11 is 0. The Morgan fingerprint density at radius 1 is 1.14 bits per heavy atom. The number of urea groups is 1. The van der Waals surface area contributed by atoms with Crippen LogP contribution in [0.5, 0.6) is 0 Å². The Bertz CT molecular complexity index is 375. The van der Waals surface area contributed by atoms with Crippen molar-refractivity contribution in [2.45, 2.75) is 64.8 Å². The SMILES string of the molecule is CC(C)(CCNC(=O)NC(C1CC1)C1CC1)CCC(=O)O. The van der Waals surface area contributed by atoms with Crippen molar-refractivity contribution in [3.63, 3.8) is 0 Å². The molecule has 2 aliphatic rings. The Hall–Kier alpha value is -1.26. The van der Waals surface area contributed by atoms with E-state index < -0.39 is 5.97 Å². The van der Waals surface area contributed by atoms with Gasteiger partial charge in [-0.25, -0.2) is 4.79 Å². The molecule has 5 nitrogen and oxygen atoms in total. The summed E-state index contributed by atoms with van der Waals surface area (Å²) < 4.78 is 0. The van der Waals surface area contributed by atoms with Crippen LogP contribution in [0.15, 0.2) is 0 Å². The number of hydrogen-bond donors (Lipinski definition) is 3. The quantitative estimate of drug-likeness (QED) is 0.612. The highest BCUT2D eigenvalue weighted by molar-refractivity contribution is 5.74. The van der Waals surface area contributed by atoms with Crippen LogP contribution in [0.1, 0.15) is 58.8 Å². The average Bonchev–Trinajstić information content (AvgIpc) is 3.27. The van der Waals surface area contributed by atoms with Crippen molar-refractivity contribution in [2.24, 2.45) is 17.3 Å². The van der Waals surface area contributed by atoms with E-state index in [4.69, 9.17) is 5.11 Å². The van der Waals surface area contributed by atoms with E-state index in [2.05, 4.69) is 10.6 Å². The van der Waals surface area contributed by atoms with E-state index in [9.17, 15) is 9.59 Å². The van der Waals surface area contributed by atoms with Gasteiger partial charge in [-0.3, -0.25) is 4.79 Å². The maximum atomic E-state index is 12.0. The molecule has 2 aliphatic carbocycles. The summed E-state index contributed by atoms with van der Waals surface area (Å²) in [5.41, 5.74) is -0.0575. The van der Waals surface area contributed by atoms with Crippen molar-refractivity contribution in [3.05, 3.63) is 0 Å². The number of carbonyl (C=O) groups is 2. The number of rotatable bonds is 9. The third-order valence-corrected chi connectivity index (χ3v) is 4.66. The zero-order chi connectivity index (χ0) is 15.5. The first-order valence-electron chi connectivity index (χ1n) is 8.13. The summed E-state index contributed by atoms with van der Waals surface area (Å²) in [6.45, 7) is 4.69. The van der Waals surface area contributed by atoms with Gasteiger partial charge in [0.1, 0.15) is 0 Å². The lowest BCUT2D eigenvalue weighted by atomic mass is 9.84. The second-order valence-corrected chi connectivity index (χ2v) is 7.41. The zero-order valence-corrected chi connectivity index (χ0v) is 13.2. The molecule has 0 bridgehead atoms. The standard InChI is InChI=1S/C16H28N2O3/c1-16(2,8-7-13(19)20)9-10-17-15(21)18-14(11-3-4-11)12-5-6-12/h11-12,14H,3-10H2,1-2H3,(H,19,20)(H2,17,18,21). The van der Waals surface area contributed by atoms with E-state index in [-0.39, 0.29) is 17.9 Å². The van der Waals surface area contributed by atoms with Crippen LogP contribution in [0.3, 0.4) is 0 Å². The summed E-state index contributed by atoms with van der Waals surface area (Å²) in [6.07, 6.45) is 6.63. The molecule has 0 saturated heterocycles. The van der Waals surface area contributed by atoms with Gasteiger partial charge >= 0.3 is 12.0 Å². The molecular formula is C16H28N2O3. The summed E-state index contributed by atoms with van der Waals surface area (Å²) in [4.78, 5) is 22.6. The summed E-state index contributed by atoms with van der Waals surface area (Å²) in [5, 5.41) is 14.8. The monoisotopic (exact) mass is 296 g/mol. The number of carbonyl (C=O) groups excluding carboxylic acids is 1. The fraction of sp³-hybridized carbons (Fsp3) is 0.875. The van der Waals surface area contributed by atoms with Gasteiger partial charge in [-0.15, -0.1) is 0 Å². The van der Waals surface area contributed by atoms with Crippen LogP contribution >= 0.6 is 0 Å². The molecule has 0 radical (unpaired) electrons. The van der Waals surface area contributed by atoms with Gasteiger partial charge in [-0.1, -0.05) is 13.8 Å². The van der Waals surface area contributed by atoms with Crippen LogP contribution in [0.2, 0.25) is 0 Å². The Balaban J connectivity index is 1.62. The van der Waals surface area contributed by atoms with Crippen molar-refractivity contribution in [2.75, 3.05) is 6.54 Å². The van der Waals surface area contributed by atoms with Crippen LogP contribution < -0.4 is 10.6 Å². The highest BCUT2D eigenvalue weighted by Crippen LogP contribution is 2.44. The first-order chi connectivity index (χ1) is 9.87. The molecule has 0 heterocycles. The van der Waals surface area contributed by atoms with Gasteiger partial charge < -0.3 is 15.7 Å². The highest BCUT2D eigenvalue weighted by Gasteiger charge is 2.42. The highest BCUT2D eigenvalue weighted by atomic mass is 16.4. The fourth-order valence-electron chi connectivity index (χ4n) is 2.82. The molecular weight excluding hydrogens is 268 g/mol. The zero-order valence-electron chi connectivity index (χ0n) is 13.2. The first kappa shape index (κ1) is 16.1.